The molecule has 1 atom stereocenters. The van der Waals surface area contributed by atoms with Crippen LogP contribution in [0.25, 0.3) is 0 Å². The predicted molar refractivity (Wildman–Crippen MR) is 118 cm³/mol. The molecule has 1 amide bonds. The molecule has 150 valence electrons. The zero-order chi connectivity index (χ0) is 18.2. The van der Waals surface area contributed by atoms with Gasteiger partial charge in [0.2, 0.25) is 5.91 Å². The first-order valence-corrected chi connectivity index (χ1v) is 9.73. The fourth-order valence-electron chi connectivity index (χ4n) is 3.76. The van der Waals surface area contributed by atoms with E-state index in [4.69, 9.17) is 4.42 Å². The van der Waals surface area contributed by atoms with Crippen molar-refractivity contribution in [1.82, 2.24) is 15.5 Å². The number of aliphatic imine (C=N–C) groups is 1. The van der Waals surface area contributed by atoms with Crippen LogP contribution in [0.3, 0.4) is 0 Å². The van der Waals surface area contributed by atoms with E-state index in [1.807, 2.05) is 23.1 Å². The third-order valence-corrected chi connectivity index (χ3v) is 5.17. The van der Waals surface area contributed by atoms with Crippen molar-refractivity contribution >= 4 is 35.8 Å². The summed E-state index contributed by atoms with van der Waals surface area (Å²) in [6.07, 6.45) is 9.75. The van der Waals surface area contributed by atoms with Gasteiger partial charge in [-0.3, -0.25) is 9.79 Å². The third kappa shape index (κ3) is 6.55. The van der Waals surface area contributed by atoms with Crippen LogP contribution in [0.4, 0.5) is 0 Å². The highest BCUT2D eigenvalue weighted by molar-refractivity contribution is 14.0. The van der Waals surface area contributed by atoms with Gasteiger partial charge in [0.25, 0.3) is 0 Å². The van der Waals surface area contributed by atoms with Crippen molar-refractivity contribution in [3.8, 4) is 0 Å². The zero-order valence-electron chi connectivity index (χ0n) is 15.9. The fourth-order valence-corrected chi connectivity index (χ4v) is 3.76. The van der Waals surface area contributed by atoms with Gasteiger partial charge < -0.3 is 20.0 Å². The Balaban J connectivity index is 0.00000261. The second kappa shape index (κ2) is 11.4. The van der Waals surface area contributed by atoms with Crippen LogP contribution >= 0.6 is 24.0 Å². The second-order valence-electron chi connectivity index (χ2n) is 7.12. The maximum atomic E-state index is 12.6. The van der Waals surface area contributed by atoms with E-state index in [-0.39, 0.29) is 35.9 Å². The number of carbonyl (C=O) groups excluding carboxylic acids is 1. The van der Waals surface area contributed by atoms with Gasteiger partial charge in [0.05, 0.1) is 6.26 Å². The maximum absolute atomic E-state index is 12.6. The summed E-state index contributed by atoms with van der Waals surface area (Å²) in [7, 11) is 0. The van der Waals surface area contributed by atoms with Crippen LogP contribution in [-0.4, -0.2) is 49.0 Å². The molecule has 0 spiro atoms. The number of hydrogen-bond donors (Lipinski definition) is 2. The molecule has 0 aromatic carbocycles. The highest BCUT2D eigenvalue weighted by Crippen LogP contribution is 2.27. The molecule has 6 nitrogen and oxygen atoms in total. The van der Waals surface area contributed by atoms with Crippen LogP contribution in [0, 0.1) is 5.92 Å². The van der Waals surface area contributed by atoms with Crippen molar-refractivity contribution < 1.29 is 9.21 Å². The minimum atomic E-state index is 0. The van der Waals surface area contributed by atoms with Gasteiger partial charge >= 0.3 is 0 Å². The Morgan fingerprint density at radius 3 is 2.89 bits per heavy atom. The third-order valence-electron chi connectivity index (χ3n) is 5.17. The SMILES string of the molecule is C=CCNC(=NCCc1ccco1)NC1CCN(C(=O)C2CCCC2)C1.I. The Kier molecular flexibility index (Phi) is 9.17. The monoisotopic (exact) mass is 486 g/mol. The van der Waals surface area contributed by atoms with E-state index >= 15 is 0 Å². The molecule has 1 saturated carbocycles. The predicted octanol–water partition coefficient (Wildman–Crippen LogP) is 2.95. The normalized spacial score (nSPS) is 20.4. The van der Waals surface area contributed by atoms with Crippen molar-refractivity contribution in [2.24, 2.45) is 10.9 Å². The number of hydrogen-bond acceptors (Lipinski definition) is 3. The minimum absolute atomic E-state index is 0. The number of nitrogens with zero attached hydrogens (tertiary/aromatic N) is 2. The van der Waals surface area contributed by atoms with E-state index in [9.17, 15) is 4.79 Å². The average molecular weight is 486 g/mol. The van der Waals surface area contributed by atoms with Gasteiger partial charge in [0, 0.05) is 44.6 Å². The summed E-state index contributed by atoms with van der Waals surface area (Å²) in [6.45, 7) is 6.67. The number of nitrogens with one attached hydrogen (secondary N) is 2. The van der Waals surface area contributed by atoms with Crippen molar-refractivity contribution in [2.75, 3.05) is 26.2 Å². The number of furan rings is 1. The summed E-state index contributed by atoms with van der Waals surface area (Å²) < 4.78 is 5.35. The molecule has 2 heterocycles. The number of guanidine groups is 1. The van der Waals surface area contributed by atoms with Gasteiger partial charge in [0.1, 0.15) is 5.76 Å². The van der Waals surface area contributed by atoms with Crippen LogP contribution in [0.5, 0.6) is 0 Å². The first kappa shape index (κ1) is 21.8. The molecule has 1 aliphatic heterocycles. The van der Waals surface area contributed by atoms with Crippen molar-refractivity contribution in [2.45, 2.75) is 44.6 Å². The largest absolute Gasteiger partial charge is 0.469 e. The number of halogens is 1. The molecule has 27 heavy (non-hydrogen) atoms. The molecule has 2 aliphatic rings. The molecule has 1 unspecified atom stereocenters. The summed E-state index contributed by atoms with van der Waals surface area (Å²) in [6, 6.07) is 4.10. The lowest BCUT2D eigenvalue weighted by Gasteiger charge is -2.21. The maximum Gasteiger partial charge on any atom is 0.225 e. The smallest absolute Gasteiger partial charge is 0.225 e. The Labute approximate surface area is 178 Å². The lowest BCUT2D eigenvalue weighted by atomic mass is 10.1. The Bertz CT molecular complexity index is 612. The standard InChI is InChI=1S/C20H30N4O2.HI/c1-2-11-21-20(22-12-9-18-8-5-14-26-18)23-17-10-13-24(15-17)19(25)16-6-3-4-7-16;/h2,5,8,14,16-17H,1,3-4,6-7,9-13,15H2,(H2,21,22,23);1H. The Morgan fingerprint density at radius 1 is 1.37 bits per heavy atom. The molecule has 2 N–H and O–H groups in total. The minimum Gasteiger partial charge on any atom is -0.469 e. The molecule has 3 rings (SSSR count). The first-order valence-electron chi connectivity index (χ1n) is 9.73. The average Bonchev–Trinajstić information content (AvgIpc) is 3.41. The molecule has 0 radical (unpaired) electrons. The summed E-state index contributed by atoms with van der Waals surface area (Å²) in [4.78, 5) is 19.2. The summed E-state index contributed by atoms with van der Waals surface area (Å²) in [5.74, 6) is 2.32. The number of carbonyl (C=O) groups is 1. The van der Waals surface area contributed by atoms with Crippen molar-refractivity contribution in [1.29, 1.82) is 0 Å². The van der Waals surface area contributed by atoms with E-state index in [2.05, 4.69) is 22.2 Å². The molecule has 1 saturated heterocycles. The highest BCUT2D eigenvalue weighted by Gasteiger charge is 2.32. The summed E-state index contributed by atoms with van der Waals surface area (Å²) >= 11 is 0. The zero-order valence-corrected chi connectivity index (χ0v) is 18.2. The fraction of sp³-hybridized carbons (Fsp3) is 0.600. The van der Waals surface area contributed by atoms with Crippen LogP contribution in [-0.2, 0) is 11.2 Å². The second-order valence-corrected chi connectivity index (χ2v) is 7.12. The Morgan fingerprint density at radius 2 is 2.19 bits per heavy atom. The molecule has 7 heteroatoms. The molecule has 1 aliphatic carbocycles. The number of likely N-dealkylation sites (tertiary alicyclic amines) is 1. The number of rotatable bonds is 7. The number of amides is 1. The van der Waals surface area contributed by atoms with E-state index in [0.717, 1.165) is 50.5 Å². The van der Waals surface area contributed by atoms with Crippen molar-refractivity contribution in [3.05, 3.63) is 36.8 Å². The molecule has 2 fully saturated rings. The van der Waals surface area contributed by atoms with Gasteiger partial charge in [-0.1, -0.05) is 18.9 Å². The molecular formula is C20H31IN4O2. The Hall–Kier alpha value is -1.51. The van der Waals surface area contributed by atoms with Gasteiger partial charge in [-0.05, 0) is 31.4 Å². The highest BCUT2D eigenvalue weighted by atomic mass is 127. The van der Waals surface area contributed by atoms with Gasteiger partial charge in [-0.15, -0.1) is 30.6 Å². The summed E-state index contributed by atoms with van der Waals surface area (Å²) in [5, 5.41) is 6.74. The topological polar surface area (TPSA) is 69.9 Å². The quantitative estimate of drug-likeness (QED) is 0.269. The molecular weight excluding hydrogens is 455 g/mol. The van der Waals surface area contributed by atoms with E-state index in [0.29, 0.717) is 19.0 Å². The van der Waals surface area contributed by atoms with Crippen LogP contribution in [0.2, 0.25) is 0 Å². The van der Waals surface area contributed by atoms with Gasteiger partial charge in [-0.2, -0.15) is 0 Å². The van der Waals surface area contributed by atoms with Crippen LogP contribution < -0.4 is 10.6 Å². The van der Waals surface area contributed by atoms with E-state index < -0.39 is 0 Å². The lowest BCUT2D eigenvalue weighted by molar-refractivity contribution is -0.134. The van der Waals surface area contributed by atoms with Gasteiger partial charge in [-0.25, -0.2) is 0 Å². The molecule has 1 aromatic heterocycles. The lowest BCUT2D eigenvalue weighted by Crippen LogP contribution is -2.45. The van der Waals surface area contributed by atoms with Gasteiger partial charge in [0.15, 0.2) is 5.96 Å². The van der Waals surface area contributed by atoms with Crippen LogP contribution in [0.1, 0.15) is 37.9 Å². The van der Waals surface area contributed by atoms with Crippen molar-refractivity contribution in [3.63, 3.8) is 0 Å². The van der Waals surface area contributed by atoms with E-state index in [1.165, 1.54) is 12.8 Å². The first-order chi connectivity index (χ1) is 12.8. The van der Waals surface area contributed by atoms with E-state index in [1.54, 1.807) is 6.26 Å². The molecule has 1 aromatic rings. The molecule has 0 bridgehead atoms. The summed E-state index contributed by atoms with van der Waals surface area (Å²) in [5.41, 5.74) is 0. The van der Waals surface area contributed by atoms with Crippen LogP contribution in [0.15, 0.2) is 40.5 Å².